The second-order valence-corrected chi connectivity index (χ2v) is 8.20. The molecule has 1 saturated heterocycles. The Labute approximate surface area is 191 Å². The summed E-state index contributed by atoms with van der Waals surface area (Å²) in [6.07, 6.45) is 0. The van der Waals surface area contributed by atoms with Crippen LogP contribution in [0.3, 0.4) is 0 Å². The van der Waals surface area contributed by atoms with Crippen molar-refractivity contribution < 1.29 is 8.81 Å². The summed E-state index contributed by atoms with van der Waals surface area (Å²) in [6, 6.07) is 23.9. The fraction of sp³-hybridized carbons (Fsp3) is 0.200. The molecular formula is C25H22ClFN4O. The number of piperazine rings is 1. The second-order valence-electron chi connectivity index (χ2n) is 7.77. The van der Waals surface area contributed by atoms with Gasteiger partial charge in [0.05, 0.1) is 0 Å². The van der Waals surface area contributed by atoms with Crippen LogP contribution in [0.25, 0.3) is 11.5 Å². The normalized spacial score (nSPS) is 15.6. The quantitative estimate of drug-likeness (QED) is 0.406. The van der Waals surface area contributed by atoms with Gasteiger partial charge in [-0.1, -0.05) is 48.0 Å². The van der Waals surface area contributed by atoms with Crippen LogP contribution in [0.4, 0.5) is 10.1 Å². The first-order valence-electron chi connectivity index (χ1n) is 10.6. The summed E-state index contributed by atoms with van der Waals surface area (Å²) in [5, 5.41) is 9.38. The van der Waals surface area contributed by atoms with Crippen molar-refractivity contribution in [3.63, 3.8) is 0 Å². The van der Waals surface area contributed by atoms with E-state index in [1.54, 1.807) is 12.1 Å². The summed E-state index contributed by atoms with van der Waals surface area (Å²) in [5.41, 5.74) is 2.90. The highest BCUT2D eigenvalue weighted by Crippen LogP contribution is 2.32. The van der Waals surface area contributed by atoms with Crippen LogP contribution in [-0.2, 0) is 0 Å². The molecular weight excluding hydrogens is 427 g/mol. The molecule has 1 aliphatic heterocycles. The van der Waals surface area contributed by atoms with Gasteiger partial charge in [-0.3, -0.25) is 4.90 Å². The molecule has 0 spiro atoms. The molecule has 0 amide bonds. The molecule has 0 radical (unpaired) electrons. The van der Waals surface area contributed by atoms with E-state index in [9.17, 15) is 4.39 Å². The third-order valence-corrected chi connectivity index (χ3v) is 5.97. The van der Waals surface area contributed by atoms with Gasteiger partial charge in [0.15, 0.2) is 0 Å². The van der Waals surface area contributed by atoms with Crippen molar-refractivity contribution in [2.45, 2.75) is 6.04 Å². The van der Waals surface area contributed by atoms with Crippen LogP contribution in [0.5, 0.6) is 0 Å². The largest absolute Gasteiger partial charge is 0.419 e. The maximum Gasteiger partial charge on any atom is 0.247 e. The number of benzene rings is 3. The molecule has 1 aromatic heterocycles. The van der Waals surface area contributed by atoms with Gasteiger partial charge in [-0.05, 0) is 48.0 Å². The first kappa shape index (κ1) is 20.7. The van der Waals surface area contributed by atoms with E-state index in [0.717, 1.165) is 48.0 Å². The number of hydrogen-bond acceptors (Lipinski definition) is 5. The molecule has 5 rings (SSSR count). The molecule has 1 atom stereocenters. The molecule has 1 fully saturated rings. The Balaban J connectivity index is 1.41. The molecule has 0 N–H and O–H groups in total. The number of anilines is 1. The van der Waals surface area contributed by atoms with Crippen LogP contribution in [-0.4, -0.2) is 41.3 Å². The van der Waals surface area contributed by atoms with Crippen molar-refractivity contribution in [2.24, 2.45) is 0 Å². The van der Waals surface area contributed by atoms with Crippen LogP contribution >= 0.6 is 11.6 Å². The van der Waals surface area contributed by atoms with Gasteiger partial charge in [0.1, 0.15) is 11.9 Å². The van der Waals surface area contributed by atoms with E-state index in [-0.39, 0.29) is 11.9 Å². The lowest BCUT2D eigenvalue weighted by molar-refractivity contribution is 0.188. The molecule has 7 heteroatoms. The van der Waals surface area contributed by atoms with E-state index in [0.29, 0.717) is 11.8 Å². The summed E-state index contributed by atoms with van der Waals surface area (Å²) >= 11 is 6.17. The molecule has 4 aromatic rings. The summed E-state index contributed by atoms with van der Waals surface area (Å²) in [6.45, 7) is 3.24. The summed E-state index contributed by atoms with van der Waals surface area (Å²) in [4.78, 5) is 4.61. The molecule has 3 aromatic carbocycles. The highest BCUT2D eigenvalue weighted by molar-refractivity contribution is 6.30. The van der Waals surface area contributed by atoms with Crippen molar-refractivity contribution in [2.75, 3.05) is 31.1 Å². The van der Waals surface area contributed by atoms with Crippen molar-refractivity contribution in [3.05, 3.63) is 101 Å². The average molecular weight is 449 g/mol. The van der Waals surface area contributed by atoms with E-state index < -0.39 is 0 Å². The third kappa shape index (κ3) is 4.38. The molecule has 2 heterocycles. The summed E-state index contributed by atoms with van der Waals surface area (Å²) < 4.78 is 19.7. The predicted molar refractivity (Wildman–Crippen MR) is 123 cm³/mol. The molecule has 0 saturated carbocycles. The standard InChI is InChI=1S/C25H22ClFN4O/c26-20-7-4-8-22(17-20)30-13-15-31(16-14-30)23(18-9-11-21(27)12-10-18)25-29-28-24(32-25)19-5-2-1-3-6-19/h1-12,17,23H,13-16H2/t23-/m1/s1. The van der Waals surface area contributed by atoms with E-state index >= 15 is 0 Å². The minimum absolute atomic E-state index is 0.248. The van der Waals surface area contributed by atoms with Crippen LogP contribution in [0.2, 0.25) is 5.02 Å². The molecule has 32 heavy (non-hydrogen) atoms. The molecule has 5 nitrogen and oxygen atoms in total. The van der Waals surface area contributed by atoms with Crippen LogP contribution in [0.1, 0.15) is 17.5 Å². The topological polar surface area (TPSA) is 45.4 Å². The zero-order chi connectivity index (χ0) is 21.9. The number of aromatic nitrogens is 2. The van der Waals surface area contributed by atoms with E-state index in [4.69, 9.17) is 16.0 Å². The molecule has 0 aliphatic carbocycles. The van der Waals surface area contributed by atoms with Crippen molar-refractivity contribution in [1.82, 2.24) is 15.1 Å². The number of hydrogen-bond donors (Lipinski definition) is 0. The Hall–Kier alpha value is -3.22. The highest BCUT2D eigenvalue weighted by Gasteiger charge is 2.31. The zero-order valence-electron chi connectivity index (χ0n) is 17.4. The first-order valence-corrected chi connectivity index (χ1v) is 10.9. The van der Waals surface area contributed by atoms with E-state index in [2.05, 4.69) is 26.1 Å². The smallest absolute Gasteiger partial charge is 0.247 e. The number of nitrogens with zero attached hydrogens (tertiary/aromatic N) is 4. The first-order chi connectivity index (χ1) is 15.7. The predicted octanol–water partition coefficient (Wildman–Crippen LogP) is 5.44. The van der Waals surface area contributed by atoms with Crippen molar-refractivity contribution >= 4 is 17.3 Å². The highest BCUT2D eigenvalue weighted by atomic mass is 35.5. The van der Waals surface area contributed by atoms with Crippen molar-refractivity contribution in [3.8, 4) is 11.5 Å². The Morgan fingerprint density at radius 2 is 1.59 bits per heavy atom. The lowest BCUT2D eigenvalue weighted by atomic mass is 10.0. The van der Waals surface area contributed by atoms with Gasteiger partial charge >= 0.3 is 0 Å². The lowest BCUT2D eigenvalue weighted by Crippen LogP contribution is -2.48. The van der Waals surface area contributed by atoms with Crippen LogP contribution < -0.4 is 4.90 Å². The Morgan fingerprint density at radius 1 is 0.844 bits per heavy atom. The minimum atomic E-state index is -0.270. The SMILES string of the molecule is Fc1ccc([C@H](c2nnc(-c3ccccc3)o2)N2CCN(c3cccc(Cl)c3)CC2)cc1. The Morgan fingerprint density at radius 3 is 2.31 bits per heavy atom. The maximum absolute atomic E-state index is 13.6. The minimum Gasteiger partial charge on any atom is -0.419 e. The van der Waals surface area contributed by atoms with Crippen LogP contribution in [0, 0.1) is 5.82 Å². The third-order valence-electron chi connectivity index (χ3n) is 5.73. The van der Waals surface area contributed by atoms with Gasteiger partial charge in [0.25, 0.3) is 0 Å². The average Bonchev–Trinajstić information content (AvgIpc) is 3.31. The van der Waals surface area contributed by atoms with Gasteiger partial charge < -0.3 is 9.32 Å². The van der Waals surface area contributed by atoms with Gasteiger partial charge in [-0.15, -0.1) is 10.2 Å². The lowest BCUT2D eigenvalue weighted by Gasteiger charge is -2.39. The maximum atomic E-state index is 13.6. The fourth-order valence-electron chi connectivity index (χ4n) is 4.11. The fourth-order valence-corrected chi connectivity index (χ4v) is 4.29. The number of halogens is 2. The van der Waals surface area contributed by atoms with E-state index in [1.807, 2.05) is 48.5 Å². The monoisotopic (exact) mass is 448 g/mol. The molecule has 162 valence electrons. The van der Waals surface area contributed by atoms with Gasteiger partial charge in [0, 0.05) is 42.5 Å². The molecule has 0 unspecified atom stereocenters. The Bertz CT molecular complexity index is 1170. The summed E-state index contributed by atoms with van der Waals surface area (Å²) in [7, 11) is 0. The van der Waals surface area contributed by atoms with Gasteiger partial charge in [-0.2, -0.15) is 0 Å². The second kappa shape index (κ2) is 9.10. The van der Waals surface area contributed by atoms with E-state index in [1.165, 1.54) is 12.1 Å². The molecule has 1 aliphatic rings. The molecule has 0 bridgehead atoms. The zero-order valence-corrected chi connectivity index (χ0v) is 18.1. The Kier molecular flexibility index (Phi) is 5.88. The van der Waals surface area contributed by atoms with Crippen molar-refractivity contribution in [1.29, 1.82) is 0 Å². The number of rotatable bonds is 5. The summed E-state index contributed by atoms with van der Waals surface area (Å²) in [5.74, 6) is 0.714. The van der Waals surface area contributed by atoms with Gasteiger partial charge in [0.2, 0.25) is 11.8 Å². The van der Waals surface area contributed by atoms with Gasteiger partial charge in [-0.25, -0.2) is 4.39 Å². The van der Waals surface area contributed by atoms with Crippen LogP contribution in [0.15, 0.2) is 83.3 Å².